The highest BCUT2D eigenvalue weighted by molar-refractivity contribution is 5.94. The third-order valence-corrected chi connectivity index (χ3v) is 2.59. The first-order chi connectivity index (χ1) is 7.44. The van der Waals surface area contributed by atoms with Crippen LogP contribution in [0.3, 0.4) is 0 Å². The molecular weight excluding hydrogens is 200 g/mol. The van der Waals surface area contributed by atoms with Crippen LogP contribution in [0.25, 0.3) is 0 Å². The molecule has 3 N–H and O–H groups in total. The molecule has 0 unspecified atom stereocenters. The molecule has 0 amide bonds. The Labute approximate surface area is 97.0 Å². The second-order valence-corrected chi connectivity index (χ2v) is 4.86. The van der Waals surface area contributed by atoms with Crippen molar-refractivity contribution in [2.24, 2.45) is 11.1 Å². The van der Waals surface area contributed by atoms with Crippen LogP contribution in [0.15, 0.2) is 24.3 Å². The predicted molar refractivity (Wildman–Crippen MR) is 67.8 cm³/mol. The van der Waals surface area contributed by atoms with E-state index in [2.05, 4.69) is 19.2 Å². The number of Topliss-reactive ketones (excluding diaryl/α,β-unsaturated/α-hetero) is 1. The summed E-state index contributed by atoms with van der Waals surface area (Å²) in [6, 6.07) is 7.53. The number of carbonyl (C=O) groups excluding carboxylic acids is 1. The van der Waals surface area contributed by atoms with E-state index in [1.54, 1.807) is 6.92 Å². The molecular formula is C13H20N2O. The Kier molecular flexibility index (Phi) is 4.07. The molecule has 0 bridgehead atoms. The van der Waals surface area contributed by atoms with Crippen molar-refractivity contribution < 1.29 is 4.79 Å². The molecule has 0 atom stereocenters. The lowest BCUT2D eigenvalue weighted by Crippen LogP contribution is -2.31. The number of carbonyl (C=O) groups is 1. The van der Waals surface area contributed by atoms with Gasteiger partial charge in [-0.2, -0.15) is 0 Å². The Morgan fingerprint density at radius 1 is 1.44 bits per heavy atom. The maximum absolute atomic E-state index is 11.2. The molecule has 1 aromatic carbocycles. The summed E-state index contributed by atoms with van der Waals surface area (Å²) in [6.07, 6.45) is 0. The van der Waals surface area contributed by atoms with Crippen LogP contribution < -0.4 is 11.1 Å². The Morgan fingerprint density at radius 3 is 2.69 bits per heavy atom. The Hall–Kier alpha value is -1.35. The molecule has 0 saturated carbocycles. The van der Waals surface area contributed by atoms with Crippen molar-refractivity contribution in [2.75, 3.05) is 18.4 Å². The van der Waals surface area contributed by atoms with Gasteiger partial charge in [-0.05, 0) is 31.0 Å². The molecule has 88 valence electrons. The highest BCUT2D eigenvalue weighted by atomic mass is 16.1. The van der Waals surface area contributed by atoms with Gasteiger partial charge >= 0.3 is 0 Å². The number of anilines is 1. The minimum absolute atomic E-state index is 0.0617. The van der Waals surface area contributed by atoms with Gasteiger partial charge < -0.3 is 11.1 Å². The molecule has 0 saturated heterocycles. The van der Waals surface area contributed by atoms with Crippen LogP contribution in [0.4, 0.5) is 5.69 Å². The van der Waals surface area contributed by atoms with Crippen molar-refractivity contribution in [1.82, 2.24) is 0 Å². The zero-order valence-electron chi connectivity index (χ0n) is 10.2. The van der Waals surface area contributed by atoms with E-state index in [9.17, 15) is 4.79 Å². The van der Waals surface area contributed by atoms with Gasteiger partial charge in [-0.1, -0.05) is 26.0 Å². The van der Waals surface area contributed by atoms with E-state index in [4.69, 9.17) is 5.73 Å². The zero-order chi connectivity index (χ0) is 12.2. The third-order valence-electron chi connectivity index (χ3n) is 2.59. The summed E-state index contributed by atoms with van der Waals surface area (Å²) in [6.45, 7) is 7.21. The van der Waals surface area contributed by atoms with Gasteiger partial charge in [0.25, 0.3) is 0 Å². The fourth-order valence-corrected chi connectivity index (χ4v) is 1.26. The van der Waals surface area contributed by atoms with Gasteiger partial charge in [0, 0.05) is 17.8 Å². The summed E-state index contributed by atoms with van der Waals surface area (Å²) in [5.74, 6) is 0.0849. The van der Waals surface area contributed by atoms with Crippen LogP contribution in [-0.2, 0) is 0 Å². The smallest absolute Gasteiger partial charge is 0.159 e. The molecule has 0 heterocycles. The number of hydrogen-bond donors (Lipinski definition) is 2. The molecule has 16 heavy (non-hydrogen) atoms. The molecule has 0 aromatic heterocycles. The van der Waals surface area contributed by atoms with E-state index in [-0.39, 0.29) is 11.2 Å². The van der Waals surface area contributed by atoms with E-state index in [0.717, 1.165) is 17.8 Å². The zero-order valence-corrected chi connectivity index (χ0v) is 10.2. The molecule has 3 heteroatoms. The lowest BCUT2D eigenvalue weighted by molar-refractivity contribution is 0.101. The fraction of sp³-hybridized carbons (Fsp3) is 0.462. The number of ketones is 1. The Balaban J connectivity index is 2.68. The van der Waals surface area contributed by atoms with Crippen molar-refractivity contribution in [1.29, 1.82) is 0 Å². The van der Waals surface area contributed by atoms with Crippen molar-refractivity contribution >= 4 is 11.5 Å². The number of hydrogen-bond acceptors (Lipinski definition) is 3. The summed E-state index contributed by atoms with van der Waals surface area (Å²) < 4.78 is 0. The average Bonchev–Trinajstić information content (AvgIpc) is 2.27. The fourth-order valence-electron chi connectivity index (χ4n) is 1.26. The van der Waals surface area contributed by atoms with Gasteiger partial charge in [-0.25, -0.2) is 0 Å². The van der Waals surface area contributed by atoms with Crippen molar-refractivity contribution in [3.05, 3.63) is 29.8 Å². The van der Waals surface area contributed by atoms with E-state index < -0.39 is 0 Å². The predicted octanol–water partition coefficient (Wildman–Crippen LogP) is 2.29. The molecule has 1 aromatic rings. The molecule has 0 aliphatic rings. The highest BCUT2D eigenvalue weighted by Crippen LogP contribution is 2.16. The van der Waals surface area contributed by atoms with Gasteiger partial charge in [-0.15, -0.1) is 0 Å². The first-order valence-electron chi connectivity index (χ1n) is 5.49. The van der Waals surface area contributed by atoms with Crippen LogP contribution in [0, 0.1) is 5.41 Å². The summed E-state index contributed by atoms with van der Waals surface area (Å²) in [5.41, 5.74) is 7.42. The lowest BCUT2D eigenvalue weighted by atomic mass is 9.94. The monoisotopic (exact) mass is 220 g/mol. The van der Waals surface area contributed by atoms with Crippen molar-refractivity contribution in [3.63, 3.8) is 0 Å². The molecule has 0 aliphatic heterocycles. The molecule has 0 spiro atoms. The van der Waals surface area contributed by atoms with Gasteiger partial charge in [0.2, 0.25) is 0 Å². The van der Waals surface area contributed by atoms with Crippen LogP contribution in [0.2, 0.25) is 0 Å². The molecule has 0 fully saturated rings. The van der Waals surface area contributed by atoms with Gasteiger partial charge in [-0.3, -0.25) is 4.79 Å². The summed E-state index contributed by atoms with van der Waals surface area (Å²) in [5, 5.41) is 3.30. The quantitative estimate of drug-likeness (QED) is 0.748. The maximum Gasteiger partial charge on any atom is 0.159 e. The van der Waals surface area contributed by atoms with E-state index >= 15 is 0 Å². The van der Waals surface area contributed by atoms with E-state index in [0.29, 0.717) is 6.54 Å². The van der Waals surface area contributed by atoms with E-state index in [1.807, 2.05) is 24.3 Å². The molecule has 3 nitrogen and oxygen atoms in total. The number of nitrogens with one attached hydrogen (secondary N) is 1. The van der Waals surface area contributed by atoms with Crippen LogP contribution in [0.1, 0.15) is 31.1 Å². The van der Waals surface area contributed by atoms with Crippen LogP contribution in [0.5, 0.6) is 0 Å². The van der Waals surface area contributed by atoms with Gasteiger partial charge in [0.1, 0.15) is 0 Å². The lowest BCUT2D eigenvalue weighted by Gasteiger charge is -2.23. The van der Waals surface area contributed by atoms with Crippen LogP contribution in [-0.4, -0.2) is 18.9 Å². The Bertz CT molecular complexity index is 372. The molecule has 1 rings (SSSR count). The van der Waals surface area contributed by atoms with Gasteiger partial charge in [0.05, 0.1) is 0 Å². The van der Waals surface area contributed by atoms with Crippen LogP contribution >= 0.6 is 0 Å². The van der Waals surface area contributed by atoms with Gasteiger partial charge in [0.15, 0.2) is 5.78 Å². The standard InChI is InChI=1S/C13H20N2O/c1-10(16)11-5-4-6-12(7-11)15-9-13(2,3)8-14/h4-7,15H,8-9,14H2,1-3H3. The minimum atomic E-state index is 0.0617. The first kappa shape index (κ1) is 12.7. The topological polar surface area (TPSA) is 55.1 Å². The number of benzene rings is 1. The average molecular weight is 220 g/mol. The minimum Gasteiger partial charge on any atom is -0.384 e. The second-order valence-electron chi connectivity index (χ2n) is 4.86. The number of rotatable bonds is 5. The SMILES string of the molecule is CC(=O)c1cccc(NCC(C)(C)CN)c1. The summed E-state index contributed by atoms with van der Waals surface area (Å²) >= 11 is 0. The highest BCUT2D eigenvalue weighted by Gasteiger charge is 2.14. The number of nitrogens with two attached hydrogens (primary N) is 1. The Morgan fingerprint density at radius 2 is 2.12 bits per heavy atom. The molecule has 0 aliphatic carbocycles. The maximum atomic E-state index is 11.2. The third kappa shape index (κ3) is 3.66. The molecule has 0 radical (unpaired) electrons. The van der Waals surface area contributed by atoms with Crippen molar-refractivity contribution in [2.45, 2.75) is 20.8 Å². The normalized spacial score (nSPS) is 11.2. The second kappa shape index (κ2) is 5.12. The first-order valence-corrected chi connectivity index (χ1v) is 5.49. The van der Waals surface area contributed by atoms with E-state index in [1.165, 1.54) is 0 Å². The van der Waals surface area contributed by atoms with Crippen molar-refractivity contribution in [3.8, 4) is 0 Å². The summed E-state index contributed by atoms with van der Waals surface area (Å²) in [4.78, 5) is 11.2. The summed E-state index contributed by atoms with van der Waals surface area (Å²) in [7, 11) is 0. The largest absolute Gasteiger partial charge is 0.384 e.